The van der Waals surface area contributed by atoms with Gasteiger partial charge in [-0.25, -0.2) is 0 Å². The molecule has 0 bridgehead atoms. The van der Waals surface area contributed by atoms with E-state index in [1.807, 2.05) is 18.2 Å². The van der Waals surface area contributed by atoms with Crippen LogP contribution in [-0.2, 0) is 0 Å². The number of hydrogen-bond donors (Lipinski definition) is 2. The van der Waals surface area contributed by atoms with Gasteiger partial charge in [-0.1, -0.05) is 13.0 Å². The molecular weight excluding hydrogens is 200 g/mol. The lowest BCUT2D eigenvalue weighted by molar-refractivity contribution is 0.417. The summed E-state index contributed by atoms with van der Waals surface area (Å²) >= 11 is 0. The Hall–Kier alpha value is -1.38. The van der Waals surface area contributed by atoms with Crippen molar-refractivity contribution < 1.29 is 4.74 Å². The molecule has 0 aromatic heterocycles. The molecule has 0 heterocycles. The Morgan fingerprint density at radius 1 is 1.38 bits per heavy atom. The third-order valence-electron chi connectivity index (χ3n) is 3.34. The van der Waals surface area contributed by atoms with Crippen LogP contribution >= 0.6 is 0 Å². The van der Waals surface area contributed by atoms with Crippen molar-refractivity contribution in [2.75, 3.05) is 18.2 Å². The third-order valence-corrected chi connectivity index (χ3v) is 3.34. The number of hydrogen-bond acceptors (Lipinski definition) is 3. The topological polar surface area (TPSA) is 47.3 Å². The summed E-state index contributed by atoms with van der Waals surface area (Å²) in [6, 6.07) is 6.43. The van der Waals surface area contributed by atoms with Crippen LogP contribution in [0.2, 0.25) is 0 Å². The van der Waals surface area contributed by atoms with Crippen molar-refractivity contribution in [2.45, 2.75) is 32.2 Å². The zero-order valence-electron chi connectivity index (χ0n) is 9.99. The standard InChI is InChI=1S/C13H20N2O/c1-9-6-7-10(8-9)15-11-4-3-5-12(16-2)13(11)14/h3-5,9-10,15H,6-8,14H2,1-2H3. The van der Waals surface area contributed by atoms with Crippen LogP contribution in [0.15, 0.2) is 18.2 Å². The summed E-state index contributed by atoms with van der Waals surface area (Å²) in [5.41, 5.74) is 7.73. The van der Waals surface area contributed by atoms with Crippen LogP contribution in [0.25, 0.3) is 0 Å². The number of anilines is 2. The van der Waals surface area contributed by atoms with Crippen molar-refractivity contribution in [2.24, 2.45) is 5.92 Å². The van der Waals surface area contributed by atoms with Crippen LogP contribution in [-0.4, -0.2) is 13.2 Å². The smallest absolute Gasteiger partial charge is 0.143 e. The van der Waals surface area contributed by atoms with Gasteiger partial charge in [0.2, 0.25) is 0 Å². The fraction of sp³-hybridized carbons (Fsp3) is 0.538. The minimum Gasteiger partial charge on any atom is -0.495 e. The average molecular weight is 220 g/mol. The number of benzene rings is 1. The zero-order chi connectivity index (χ0) is 11.5. The van der Waals surface area contributed by atoms with Crippen LogP contribution < -0.4 is 15.8 Å². The molecule has 1 aliphatic rings. The van der Waals surface area contributed by atoms with Gasteiger partial charge in [-0.15, -0.1) is 0 Å². The highest BCUT2D eigenvalue weighted by Gasteiger charge is 2.21. The van der Waals surface area contributed by atoms with Crippen molar-refractivity contribution >= 4 is 11.4 Å². The maximum atomic E-state index is 6.02. The molecule has 2 atom stereocenters. The Bertz CT molecular complexity index is 365. The van der Waals surface area contributed by atoms with Crippen molar-refractivity contribution in [1.82, 2.24) is 0 Å². The lowest BCUT2D eigenvalue weighted by atomic mass is 10.1. The number of nitrogen functional groups attached to an aromatic ring is 1. The molecular formula is C13H20N2O. The van der Waals surface area contributed by atoms with Gasteiger partial charge < -0.3 is 15.8 Å². The molecule has 0 amide bonds. The molecule has 88 valence electrons. The van der Waals surface area contributed by atoms with Gasteiger partial charge in [0.1, 0.15) is 5.75 Å². The highest BCUT2D eigenvalue weighted by atomic mass is 16.5. The molecule has 16 heavy (non-hydrogen) atoms. The largest absolute Gasteiger partial charge is 0.495 e. The summed E-state index contributed by atoms with van der Waals surface area (Å²) in [5, 5.41) is 3.51. The van der Waals surface area contributed by atoms with Gasteiger partial charge >= 0.3 is 0 Å². The van der Waals surface area contributed by atoms with Gasteiger partial charge in [-0.3, -0.25) is 0 Å². The Morgan fingerprint density at radius 3 is 2.81 bits per heavy atom. The maximum absolute atomic E-state index is 6.02. The number of nitrogens with two attached hydrogens (primary N) is 1. The molecule has 2 rings (SSSR count). The molecule has 0 aliphatic heterocycles. The van der Waals surface area contributed by atoms with E-state index in [0.717, 1.165) is 17.4 Å². The molecule has 1 aromatic carbocycles. The maximum Gasteiger partial charge on any atom is 0.143 e. The van der Waals surface area contributed by atoms with E-state index < -0.39 is 0 Å². The van der Waals surface area contributed by atoms with E-state index in [2.05, 4.69) is 12.2 Å². The summed E-state index contributed by atoms with van der Waals surface area (Å²) in [6.07, 6.45) is 3.77. The summed E-state index contributed by atoms with van der Waals surface area (Å²) in [6.45, 7) is 2.30. The third kappa shape index (κ3) is 2.23. The number of nitrogens with one attached hydrogen (secondary N) is 1. The molecule has 0 spiro atoms. The Kier molecular flexibility index (Phi) is 3.22. The second-order valence-corrected chi connectivity index (χ2v) is 4.68. The predicted octanol–water partition coefficient (Wildman–Crippen LogP) is 2.88. The Balaban J connectivity index is 2.09. The second kappa shape index (κ2) is 4.64. The summed E-state index contributed by atoms with van der Waals surface area (Å²) in [5.74, 6) is 1.57. The van der Waals surface area contributed by atoms with E-state index in [1.165, 1.54) is 19.3 Å². The van der Waals surface area contributed by atoms with E-state index in [0.29, 0.717) is 11.7 Å². The molecule has 0 radical (unpaired) electrons. The first-order valence-electron chi connectivity index (χ1n) is 5.89. The van der Waals surface area contributed by atoms with Crippen molar-refractivity contribution in [1.29, 1.82) is 0 Å². The predicted molar refractivity (Wildman–Crippen MR) is 67.8 cm³/mol. The number of ether oxygens (including phenoxy) is 1. The number of para-hydroxylation sites is 1. The Labute approximate surface area is 97.0 Å². The molecule has 3 heteroatoms. The lowest BCUT2D eigenvalue weighted by Crippen LogP contribution is -2.16. The summed E-state index contributed by atoms with van der Waals surface area (Å²) in [7, 11) is 1.65. The molecule has 1 aliphatic carbocycles. The van der Waals surface area contributed by atoms with Crippen LogP contribution in [0.4, 0.5) is 11.4 Å². The van der Waals surface area contributed by atoms with E-state index in [1.54, 1.807) is 7.11 Å². The lowest BCUT2D eigenvalue weighted by Gasteiger charge is -2.17. The second-order valence-electron chi connectivity index (χ2n) is 4.68. The van der Waals surface area contributed by atoms with E-state index in [4.69, 9.17) is 10.5 Å². The number of rotatable bonds is 3. The molecule has 1 aromatic rings. The van der Waals surface area contributed by atoms with E-state index in [9.17, 15) is 0 Å². The average Bonchev–Trinajstić information content (AvgIpc) is 2.67. The quantitative estimate of drug-likeness (QED) is 0.770. The molecule has 1 saturated carbocycles. The first-order valence-corrected chi connectivity index (χ1v) is 5.89. The van der Waals surface area contributed by atoms with Crippen molar-refractivity contribution in [3.05, 3.63) is 18.2 Å². The van der Waals surface area contributed by atoms with Gasteiger partial charge in [-0.2, -0.15) is 0 Å². The first kappa shape index (κ1) is 11.1. The Morgan fingerprint density at radius 2 is 2.19 bits per heavy atom. The summed E-state index contributed by atoms with van der Waals surface area (Å²) < 4.78 is 5.21. The zero-order valence-corrected chi connectivity index (χ0v) is 9.99. The number of methoxy groups -OCH3 is 1. The fourth-order valence-electron chi connectivity index (χ4n) is 2.41. The highest BCUT2D eigenvalue weighted by molar-refractivity contribution is 5.73. The SMILES string of the molecule is COc1cccc(NC2CCC(C)C2)c1N. The molecule has 0 saturated heterocycles. The van der Waals surface area contributed by atoms with Gasteiger partial charge in [0.25, 0.3) is 0 Å². The first-order chi connectivity index (χ1) is 7.70. The van der Waals surface area contributed by atoms with Gasteiger partial charge in [0.05, 0.1) is 18.5 Å². The fourth-order valence-corrected chi connectivity index (χ4v) is 2.41. The van der Waals surface area contributed by atoms with Crippen LogP contribution in [0.5, 0.6) is 5.75 Å². The van der Waals surface area contributed by atoms with E-state index >= 15 is 0 Å². The molecule has 3 N–H and O–H groups in total. The van der Waals surface area contributed by atoms with Gasteiger partial charge in [0, 0.05) is 6.04 Å². The van der Waals surface area contributed by atoms with Gasteiger partial charge in [-0.05, 0) is 37.3 Å². The van der Waals surface area contributed by atoms with Gasteiger partial charge in [0.15, 0.2) is 0 Å². The van der Waals surface area contributed by atoms with E-state index in [-0.39, 0.29) is 0 Å². The molecule has 2 unspecified atom stereocenters. The van der Waals surface area contributed by atoms with Crippen molar-refractivity contribution in [3.8, 4) is 5.75 Å². The summed E-state index contributed by atoms with van der Waals surface area (Å²) in [4.78, 5) is 0. The van der Waals surface area contributed by atoms with Crippen LogP contribution in [0.3, 0.4) is 0 Å². The normalized spacial score (nSPS) is 24.4. The van der Waals surface area contributed by atoms with Crippen LogP contribution in [0.1, 0.15) is 26.2 Å². The molecule has 3 nitrogen and oxygen atoms in total. The minimum absolute atomic E-state index is 0.560. The minimum atomic E-state index is 0.560. The monoisotopic (exact) mass is 220 g/mol. The van der Waals surface area contributed by atoms with Crippen molar-refractivity contribution in [3.63, 3.8) is 0 Å². The van der Waals surface area contributed by atoms with Crippen LogP contribution in [0, 0.1) is 5.92 Å². The highest BCUT2D eigenvalue weighted by Crippen LogP contribution is 2.33. The molecule has 1 fully saturated rings.